The van der Waals surface area contributed by atoms with Gasteiger partial charge in [0.15, 0.2) is 0 Å². The fourth-order valence-corrected chi connectivity index (χ4v) is 1.29. The highest BCUT2D eigenvalue weighted by molar-refractivity contribution is 7.05. The van der Waals surface area contributed by atoms with Gasteiger partial charge < -0.3 is 0 Å². The molecule has 0 bridgehead atoms. The summed E-state index contributed by atoms with van der Waals surface area (Å²) in [5.74, 6) is 0. The van der Waals surface area contributed by atoms with Crippen molar-refractivity contribution in [3.05, 3.63) is 29.5 Å². The highest BCUT2D eigenvalue weighted by Crippen LogP contribution is 2.03. The Kier molecular flexibility index (Phi) is 1.64. The van der Waals surface area contributed by atoms with Crippen LogP contribution in [0.5, 0.6) is 0 Å². The highest BCUT2D eigenvalue weighted by atomic mass is 32.1. The van der Waals surface area contributed by atoms with Crippen LogP contribution >= 0.6 is 11.5 Å². The largest absolute Gasteiger partial charge is 0.267 e. The van der Waals surface area contributed by atoms with Gasteiger partial charge in [0, 0.05) is 12.4 Å². The second-order valence-corrected chi connectivity index (χ2v) is 2.96. The molecular formula is C6H6N4S. The van der Waals surface area contributed by atoms with Crippen LogP contribution in [-0.4, -0.2) is 19.4 Å². The predicted octanol–water partition coefficient (Wildman–Crippen LogP) is 0.783. The van der Waals surface area contributed by atoms with Crippen LogP contribution in [0.25, 0.3) is 0 Å². The first kappa shape index (κ1) is 6.48. The molecule has 0 aromatic carbocycles. The second-order valence-electron chi connectivity index (χ2n) is 2.09. The van der Waals surface area contributed by atoms with Crippen LogP contribution in [0, 0.1) is 0 Å². The van der Waals surface area contributed by atoms with E-state index in [0.29, 0.717) is 0 Å². The summed E-state index contributed by atoms with van der Waals surface area (Å²) in [4.78, 5) is 1.12. The van der Waals surface area contributed by atoms with E-state index in [2.05, 4.69) is 14.7 Å². The van der Waals surface area contributed by atoms with E-state index >= 15 is 0 Å². The van der Waals surface area contributed by atoms with Gasteiger partial charge in [-0.3, -0.25) is 4.68 Å². The summed E-state index contributed by atoms with van der Waals surface area (Å²) in [6.07, 6.45) is 5.43. The van der Waals surface area contributed by atoms with Gasteiger partial charge in [0.2, 0.25) is 0 Å². The molecule has 2 rings (SSSR count). The minimum absolute atomic E-state index is 0.769. The minimum atomic E-state index is 0.769. The zero-order chi connectivity index (χ0) is 7.52. The molecular weight excluding hydrogens is 160 g/mol. The smallest absolute Gasteiger partial charge is 0.0784 e. The van der Waals surface area contributed by atoms with Crippen molar-refractivity contribution in [3.63, 3.8) is 0 Å². The minimum Gasteiger partial charge on any atom is -0.267 e. The van der Waals surface area contributed by atoms with Gasteiger partial charge in [-0.25, -0.2) is 0 Å². The van der Waals surface area contributed by atoms with Crippen LogP contribution in [0.1, 0.15) is 4.88 Å². The SMILES string of the molecule is c1cnn(Cc2cnns2)c1. The fraction of sp³-hybridized carbons (Fsp3) is 0.167. The number of nitrogens with zero attached hydrogens (tertiary/aromatic N) is 4. The standard InChI is InChI=1S/C6H6N4S/c1-2-8-10(3-1)5-6-4-7-9-11-6/h1-4H,5H2. The van der Waals surface area contributed by atoms with E-state index in [4.69, 9.17) is 0 Å². The number of hydrogen-bond acceptors (Lipinski definition) is 4. The van der Waals surface area contributed by atoms with E-state index in [1.807, 2.05) is 16.9 Å². The van der Waals surface area contributed by atoms with E-state index in [-0.39, 0.29) is 0 Å². The molecule has 2 heterocycles. The molecule has 0 spiro atoms. The predicted molar refractivity (Wildman–Crippen MR) is 41.2 cm³/mol. The van der Waals surface area contributed by atoms with Gasteiger partial charge in [0.05, 0.1) is 17.6 Å². The lowest BCUT2D eigenvalue weighted by Crippen LogP contribution is -1.96. The summed E-state index contributed by atoms with van der Waals surface area (Å²) < 4.78 is 5.60. The summed E-state index contributed by atoms with van der Waals surface area (Å²) in [7, 11) is 0. The Morgan fingerprint density at radius 1 is 1.55 bits per heavy atom. The molecule has 5 heteroatoms. The van der Waals surface area contributed by atoms with Gasteiger partial charge in [-0.2, -0.15) is 5.10 Å². The Balaban J connectivity index is 2.14. The molecule has 2 aromatic heterocycles. The average Bonchev–Trinajstić information content (AvgIpc) is 2.60. The van der Waals surface area contributed by atoms with E-state index in [1.165, 1.54) is 11.5 Å². The fourth-order valence-electron chi connectivity index (χ4n) is 0.811. The molecule has 56 valence electrons. The Morgan fingerprint density at radius 2 is 2.55 bits per heavy atom. The van der Waals surface area contributed by atoms with Crippen molar-refractivity contribution in [2.75, 3.05) is 0 Å². The van der Waals surface area contributed by atoms with Crippen molar-refractivity contribution in [1.29, 1.82) is 0 Å². The van der Waals surface area contributed by atoms with Crippen molar-refractivity contribution in [2.45, 2.75) is 6.54 Å². The first-order valence-electron chi connectivity index (χ1n) is 3.19. The van der Waals surface area contributed by atoms with Crippen LogP contribution < -0.4 is 0 Å². The molecule has 0 N–H and O–H groups in total. The lowest BCUT2D eigenvalue weighted by Gasteiger charge is -1.93. The molecule has 0 radical (unpaired) electrons. The molecule has 2 aromatic rings. The van der Waals surface area contributed by atoms with Crippen LogP contribution in [0.2, 0.25) is 0 Å². The number of rotatable bonds is 2. The first-order chi connectivity index (χ1) is 5.45. The van der Waals surface area contributed by atoms with Crippen LogP contribution in [0.4, 0.5) is 0 Å². The lowest BCUT2D eigenvalue weighted by molar-refractivity contribution is 0.694. The molecule has 0 saturated heterocycles. The quantitative estimate of drug-likeness (QED) is 0.662. The Morgan fingerprint density at radius 3 is 3.18 bits per heavy atom. The number of aromatic nitrogens is 4. The molecule has 4 nitrogen and oxygen atoms in total. The van der Waals surface area contributed by atoms with Gasteiger partial charge in [-0.05, 0) is 17.6 Å². The molecule has 0 unspecified atom stereocenters. The summed E-state index contributed by atoms with van der Waals surface area (Å²) in [6, 6.07) is 1.90. The Labute approximate surface area is 67.6 Å². The average molecular weight is 166 g/mol. The van der Waals surface area contributed by atoms with E-state index in [0.717, 1.165) is 11.4 Å². The van der Waals surface area contributed by atoms with Crippen LogP contribution in [-0.2, 0) is 6.54 Å². The molecule has 0 aliphatic rings. The van der Waals surface area contributed by atoms with Crippen LogP contribution in [0.3, 0.4) is 0 Å². The third kappa shape index (κ3) is 1.43. The summed E-state index contributed by atoms with van der Waals surface area (Å²) in [5.41, 5.74) is 0. The zero-order valence-corrected chi connectivity index (χ0v) is 6.53. The highest BCUT2D eigenvalue weighted by Gasteiger charge is 1.95. The number of hydrogen-bond donors (Lipinski definition) is 0. The molecule has 11 heavy (non-hydrogen) atoms. The molecule has 0 aliphatic heterocycles. The van der Waals surface area contributed by atoms with Crippen molar-refractivity contribution in [2.24, 2.45) is 0 Å². The zero-order valence-electron chi connectivity index (χ0n) is 5.71. The molecule has 0 atom stereocenters. The van der Waals surface area contributed by atoms with Crippen molar-refractivity contribution < 1.29 is 0 Å². The maximum Gasteiger partial charge on any atom is 0.0784 e. The summed E-state index contributed by atoms with van der Waals surface area (Å²) in [6.45, 7) is 0.769. The van der Waals surface area contributed by atoms with E-state index in [1.54, 1.807) is 12.4 Å². The molecule has 0 amide bonds. The molecule has 0 saturated carbocycles. The summed E-state index contributed by atoms with van der Waals surface area (Å²) in [5, 5.41) is 7.79. The van der Waals surface area contributed by atoms with Gasteiger partial charge in [0.1, 0.15) is 0 Å². The third-order valence-corrected chi connectivity index (χ3v) is 1.93. The normalized spacial score (nSPS) is 10.2. The maximum absolute atomic E-state index is 4.06. The van der Waals surface area contributed by atoms with Gasteiger partial charge in [-0.15, -0.1) is 5.10 Å². The van der Waals surface area contributed by atoms with Crippen molar-refractivity contribution in [1.82, 2.24) is 19.4 Å². The van der Waals surface area contributed by atoms with Crippen molar-refractivity contribution in [3.8, 4) is 0 Å². The first-order valence-corrected chi connectivity index (χ1v) is 3.96. The monoisotopic (exact) mass is 166 g/mol. The van der Waals surface area contributed by atoms with Crippen molar-refractivity contribution >= 4 is 11.5 Å². The van der Waals surface area contributed by atoms with Crippen LogP contribution in [0.15, 0.2) is 24.7 Å². The second kappa shape index (κ2) is 2.79. The van der Waals surface area contributed by atoms with E-state index in [9.17, 15) is 0 Å². The van der Waals surface area contributed by atoms with Gasteiger partial charge in [0.25, 0.3) is 0 Å². The Bertz CT molecular complexity index is 267. The molecule has 0 aliphatic carbocycles. The maximum atomic E-state index is 4.06. The van der Waals surface area contributed by atoms with E-state index < -0.39 is 0 Å². The molecule has 0 fully saturated rings. The third-order valence-electron chi connectivity index (χ3n) is 1.28. The van der Waals surface area contributed by atoms with Gasteiger partial charge in [-0.1, -0.05) is 4.49 Å². The lowest BCUT2D eigenvalue weighted by atomic mass is 10.5. The Hall–Kier alpha value is -1.23. The summed E-state index contributed by atoms with van der Waals surface area (Å²) >= 11 is 1.40. The topological polar surface area (TPSA) is 43.6 Å². The van der Waals surface area contributed by atoms with Gasteiger partial charge >= 0.3 is 0 Å².